The molecule has 0 N–H and O–H groups in total. The first kappa shape index (κ1) is 16.7. The van der Waals surface area contributed by atoms with Gasteiger partial charge < -0.3 is 9.32 Å². The third-order valence-corrected chi connectivity index (χ3v) is 4.79. The zero-order valence-corrected chi connectivity index (χ0v) is 14.8. The molecule has 1 fully saturated rings. The van der Waals surface area contributed by atoms with Crippen LogP contribution in [0.4, 0.5) is 0 Å². The lowest BCUT2D eigenvalue weighted by Crippen LogP contribution is -2.48. The molecule has 0 spiro atoms. The molecule has 2 aromatic rings. The maximum absolute atomic E-state index is 12.3. The summed E-state index contributed by atoms with van der Waals surface area (Å²) in [6, 6.07) is 10.3. The molecule has 0 radical (unpaired) electrons. The maximum Gasteiger partial charge on any atom is 0.225 e. The Morgan fingerprint density at radius 1 is 1.33 bits per heavy atom. The minimum absolute atomic E-state index is 0.0329. The molecule has 1 saturated heterocycles. The van der Waals surface area contributed by atoms with Gasteiger partial charge in [0.2, 0.25) is 11.8 Å². The normalized spacial score (nSPS) is 21.2. The van der Waals surface area contributed by atoms with Crippen LogP contribution in [0, 0.1) is 5.92 Å². The van der Waals surface area contributed by atoms with E-state index in [-0.39, 0.29) is 17.2 Å². The van der Waals surface area contributed by atoms with E-state index in [4.69, 9.17) is 4.42 Å². The van der Waals surface area contributed by atoms with Gasteiger partial charge in [-0.2, -0.15) is 0 Å². The van der Waals surface area contributed by atoms with Crippen molar-refractivity contribution in [2.45, 2.75) is 45.4 Å². The molecule has 4 nitrogen and oxygen atoms in total. The summed E-state index contributed by atoms with van der Waals surface area (Å²) in [6.07, 6.45) is 4.57. The number of carbonyl (C=O) groups excluding carboxylic acids is 1. The lowest BCUT2D eigenvalue weighted by molar-refractivity contribution is -0.136. The highest BCUT2D eigenvalue weighted by molar-refractivity contribution is 5.78. The number of amides is 1. The molecule has 3 rings (SSSR count). The molecule has 1 aromatic carbocycles. The van der Waals surface area contributed by atoms with Crippen LogP contribution in [0.5, 0.6) is 0 Å². The summed E-state index contributed by atoms with van der Waals surface area (Å²) in [5.41, 5.74) is 1.02. The zero-order chi connectivity index (χ0) is 17.2. The SMILES string of the molecule is CC(C)C(=O)N1CCC[C@@](C)(c2ncc(Cc3ccccc3)o2)C1. The summed E-state index contributed by atoms with van der Waals surface area (Å²) < 4.78 is 6.07. The van der Waals surface area contributed by atoms with E-state index < -0.39 is 0 Å². The number of hydrogen-bond acceptors (Lipinski definition) is 3. The van der Waals surface area contributed by atoms with Crippen LogP contribution >= 0.6 is 0 Å². The first-order valence-electron chi connectivity index (χ1n) is 8.76. The van der Waals surface area contributed by atoms with Crippen molar-refractivity contribution in [3.8, 4) is 0 Å². The number of benzene rings is 1. The predicted molar refractivity (Wildman–Crippen MR) is 93.8 cm³/mol. The van der Waals surface area contributed by atoms with Crippen LogP contribution < -0.4 is 0 Å². The quantitative estimate of drug-likeness (QED) is 0.858. The Morgan fingerprint density at radius 2 is 2.08 bits per heavy atom. The second kappa shape index (κ2) is 6.80. The molecule has 1 aliphatic heterocycles. The van der Waals surface area contributed by atoms with Crippen molar-refractivity contribution in [1.29, 1.82) is 0 Å². The minimum atomic E-state index is -0.197. The van der Waals surface area contributed by atoms with Gasteiger partial charge in [-0.1, -0.05) is 44.2 Å². The van der Waals surface area contributed by atoms with Crippen LogP contribution in [0.15, 0.2) is 40.9 Å². The third kappa shape index (κ3) is 3.53. The highest BCUT2D eigenvalue weighted by Gasteiger charge is 2.38. The topological polar surface area (TPSA) is 46.3 Å². The maximum atomic E-state index is 12.3. The Labute approximate surface area is 143 Å². The van der Waals surface area contributed by atoms with Gasteiger partial charge in [0.15, 0.2) is 0 Å². The minimum Gasteiger partial charge on any atom is -0.445 e. The van der Waals surface area contributed by atoms with E-state index >= 15 is 0 Å². The second-order valence-electron chi connectivity index (χ2n) is 7.37. The van der Waals surface area contributed by atoms with E-state index in [2.05, 4.69) is 24.0 Å². The van der Waals surface area contributed by atoms with Crippen molar-refractivity contribution in [3.63, 3.8) is 0 Å². The first-order valence-corrected chi connectivity index (χ1v) is 8.76. The summed E-state index contributed by atoms with van der Waals surface area (Å²) in [7, 11) is 0. The first-order chi connectivity index (χ1) is 11.5. The number of hydrogen-bond donors (Lipinski definition) is 0. The summed E-state index contributed by atoms with van der Waals surface area (Å²) in [5.74, 6) is 1.89. The number of nitrogens with zero attached hydrogens (tertiary/aromatic N) is 2. The van der Waals surface area contributed by atoms with Gasteiger partial charge in [0.05, 0.1) is 11.6 Å². The van der Waals surface area contributed by atoms with Crippen LogP contribution in [-0.4, -0.2) is 28.9 Å². The van der Waals surface area contributed by atoms with E-state index in [1.165, 1.54) is 5.56 Å². The van der Waals surface area contributed by atoms with Crippen LogP contribution in [0.3, 0.4) is 0 Å². The van der Waals surface area contributed by atoms with Crippen molar-refractivity contribution in [2.24, 2.45) is 5.92 Å². The fourth-order valence-corrected chi connectivity index (χ4v) is 3.43. The Balaban J connectivity index is 1.74. The van der Waals surface area contributed by atoms with Crippen LogP contribution in [0.2, 0.25) is 0 Å². The van der Waals surface area contributed by atoms with Crippen LogP contribution in [0.25, 0.3) is 0 Å². The van der Waals surface area contributed by atoms with E-state index in [0.717, 1.165) is 37.5 Å². The number of aromatic nitrogens is 1. The van der Waals surface area contributed by atoms with Gasteiger partial charge in [-0.25, -0.2) is 4.98 Å². The van der Waals surface area contributed by atoms with Gasteiger partial charge in [-0.3, -0.25) is 4.79 Å². The summed E-state index contributed by atoms with van der Waals surface area (Å²) in [5, 5.41) is 0. The lowest BCUT2D eigenvalue weighted by Gasteiger charge is -2.39. The number of oxazole rings is 1. The molecule has 0 saturated carbocycles. The van der Waals surface area contributed by atoms with Crippen molar-refractivity contribution in [2.75, 3.05) is 13.1 Å². The van der Waals surface area contributed by atoms with E-state index in [9.17, 15) is 4.79 Å². The van der Waals surface area contributed by atoms with Gasteiger partial charge in [0.1, 0.15) is 5.76 Å². The highest BCUT2D eigenvalue weighted by atomic mass is 16.4. The number of likely N-dealkylation sites (tertiary alicyclic amines) is 1. The Kier molecular flexibility index (Phi) is 4.74. The van der Waals surface area contributed by atoms with E-state index in [1.807, 2.05) is 43.1 Å². The average molecular weight is 326 g/mol. The average Bonchev–Trinajstić information content (AvgIpc) is 3.04. The number of piperidine rings is 1. The van der Waals surface area contributed by atoms with Gasteiger partial charge >= 0.3 is 0 Å². The van der Waals surface area contributed by atoms with E-state index in [1.54, 1.807) is 0 Å². The molecular formula is C20H26N2O2. The lowest BCUT2D eigenvalue weighted by atomic mass is 9.81. The molecule has 1 amide bonds. The molecule has 1 aliphatic rings. The molecule has 0 bridgehead atoms. The molecule has 0 aliphatic carbocycles. The van der Waals surface area contributed by atoms with Crippen molar-refractivity contribution >= 4 is 5.91 Å². The fourth-order valence-electron chi connectivity index (χ4n) is 3.43. The summed E-state index contributed by atoms with van der Waals surface area (Å²) >= 11 is 0. The number of rotatable bonds is 4. The molecule has 4 heteroatoms. The second-order valence-corrected chi connectivity index (χ2v) is 7.37. The molecule has 24 heavy (non-hydrogen) atoms. The Hall–Kier alpha value is -2.10. The molecule has 1 aromatic heterocycles. The summed E-state index contributed by atoms with van der Waals surface area (Å²) in [6.45, 7) is 7.60. The molecule has 2 heterocycles. The smallest absolute Gasteiger partial charge is 0.225 e. The monoisotopic (exact) mass is 326 g/mol. The third-order valence-electron chi connectivity index (χ3n) is 4.79. The van der Waals surface area contributed by atoms with Crippen molar-refractivity contribution < 1.29 is 9.21 Å². The number of carbonyl (C=O) groups is 1. The molecular weight excluding hydrogens is 300 g/mol. The van der Waals surface area contributed by atoms with Crippen LogP contribution in [0.1, 0.15) is 50.8 Å². The van der Waals surface area contributed by atoms with Crippen LogP contribution in [-0.2, 0) is 16.6 Å². The summed E-state index contributed by atoms with van der Waals surface area (Å²) in [4.78, 5) is 18.8. The molecule has 1 atom stereocenters. The van der Waals surface area contributed by atoms with E-state index in [0.29, 0.717) is 6.54 Å². The van der Waals surface area contributed by atoms with Gasteiger partial charge in [-0.05, 0) is 25.3 Å². The van der Waals surface area contributed by atoms with Crippen molar-refractivity contribution in [3.05, 3.63) is 53.7 Å². The zero-order valence-electron chi connectivity index (χ0n) is 14.8. The van der Waals surface area contributed by atoms with Gasteiger partial charge in [-0.15, -0.1) is 0 Å². The Bertz CT molecular complexity index is 693. The molecule has 128 valence electrons. The van der Waals surface area contributed by atoms with Gasteiger partial charge in [0.25, 0.3) is 0 Å². The Morgan fingerprint density at radius 3 is 2.79 bits per heavy atom. The predicted octanol–water partition coefficient (Wildman–Crippen LogP) is 3.80. The van der Waals surface area contributed by atoms with Crippen molar-refractivity contribution in [1.82, 2.24) is 9.88 Å². The highest BCUT2D eigenvalue weighted by Crippen LogP contribution is 2.34. The standard InChI is InChI=1S/C20H26N2O2/c1-15(2)18(23)22-11-7-10-20(3,14-22)19-21-13-17(24-19)12-16-8-5-4-6-9-16/h4-6,8-9,13,15H,7,10-12,14H2,1-3H3/t20-/m1/s1. The largest absolute Gasteiger partial charge is 0.445 e. The molecule has 0 unspecified atom stereocenters. The van der Waals surface area contributed by atoms with Gasteiger partial charge in [0, 0.05) is 25.4 Å². The fraction of sp³-hybridized carbons (Fsp3) is 0.500.